The van der Waals surface area contributed by atoms with Gasteiger partial charge in [0.05, 0.1) is 26.5 Å². The van der Waals surface area contributed by atoms with E-state index in [0.29, 0.717) is 19.2 Å². The van der Waals surface area contributed by atoms with Crippen LogP contribution in [0, 0.1) is 0 Å². The lowest BCUT2D eigenvalue weighted by atomic mass is 10.2. The van der Waals surface area contributed by atoms with Gasteiger partial charge in [-0.1, -0.05) is 18.2 Å². The van der Waals surface area contributed by atoms with Crippen molar-refractivity contribution >= 4 is 11.6 Å². The van der Waals surface area contributed by atoms with E-state index in [0.717, 1.165) is 54.0 Å². The summed E-state index contributed by atoms with van der Waals surface area (Å²) >= 11 is 0. The van der Waals surface area contributed by atoms with E-state index in [9.17, 15) is 0 Å². The van der Waals surface area contributed by atoms with Crippen LogP contribution in [0.15, 0.2) is 47.5 Å². The van der Waals surface area contributed by atoms with E-state index >= 15 is 0 Å². The summed E-state index contributed by atoms with van der Waals surface area (Å²) in [4.78, 5) is 6.73. The van der Waals surface area contributed by atoms with Gasteiger partial charge in [0, 0.05) is 32.7 Å². The number of methoxy groups -OCH3 is 2. The molecule has 1 heterocycles. The Morgan fingerprint density at radius 3 is 2.63 bits per heavy atom. The highest BCUT2D eigenvalue weighted by Gasteiger charge is 2.25. The normalized spacial score (nSPS) is 16.3. The lowest BCUT2D eigenvalue weighted by molar-refractivity contribution is 0.310. The minimum Gasteiger partial charge on any atom is -0.495 e. The SMILES string of the molecule is CCOc1cc(CNC(=NC)NC2CCN(c3ccccc3OC)C2)ccc1OC. The molecule has 0 saturated carbocycles. The third-order valence-electron chi connectivity index (χ3n) is 5.17. The van der Waals surface area contributed by atoms with Crippen molar-refractivity contribution in [1.82, 2.24) is 10.6 Å². The molecule has 30 heavy (non-hydrogen) atoms. The van der Waals surface area contributed by atoms with E-state index in [1.54, 1.807) is 21.3 Å². The lowest BCUT2D eigenvalue weighted by Crippen LogP contribution is -2.44. The summed E-state index contributed by atoms with van der Waals surface area (Å²) in [6.45, 7) is 5.09. The Balaban J connectivity index is 1.56. The topological polar surface area (TPSA) is 67.4 Å². The Kier molecular flexibility index (Phi) is 7.65. The first-order chi connectivity index (χ1) is 14.7. The smallest absolute Gasteiger partial charge is 0.191 e. The van der Waals surface area contributed by atoms with Gasteiger partial charge in [0.15, 0.2) is 17.5 Å². The number of para-hydroxylation sites is 2. The van der Waals surface area contributed by atoms with Crippen LogP contribution >= 0.6 is 0 Å². The Labute approximate surface area is 179 Å². The molecule has 2 aromatic carbocycles. The molecule has 162 valence electrons. The zero-order chi connectivity index (χ0) is 21.3. The highest BCUT2D eigenvalue weighted by atomic mass is 16.5. The third kappa shape index (κ3) is 5.28. The van der Waals surface area contributed by atoms with Crippen molar-refractivity contribution in [3.8, 4) is 17.2 Å². The molecule has 0 amide bonds. The minimum atomic E-state index is 0.316. The second kappa shape index (κ2) is 10.6. The van der Waals surface area contributed by atoms with Crippen LogP contribution in [0.2, 0.25) is 0 Å². The van der Waals surface area contributed by atoms with Crippen molar-refractivity contribution in [1.29, 1.82) is 0 Å². The number of anilines is 1. The molecular formula is C23H32N4O3. The number of aliphatic imine (C=N–C) groups is 1. The van der Waals surface area contributed by atoms with E-state index in [4.69, 9.17) is 14.2 Å². The number of hydrogen-bond donors (Lipinski definition) is 2. The number of ether oxygens (including phenoxy) is 3. The van der Waals surface area contributed by atoms with Crippen LogP contribution in [0.5, 0.6) is 17.2 Å². The Morgan fingerprint density at radius 1 is 1.10 bits per heavy atom. The number of benzene rings is 2. The average Bonchev–Trinajstić information content (AvgIpc) is 3.25. The van der Waals surface area contributed by atoms with Crippen molar-refractivity contribution in [2.45, 2.75) is 25.9 Å². The molecule has 1 saturated heterocycles. The summed E-state index contributed by atoms with van der Waals surface area (Å²) in [6, 6.07) is 14.4. The zero-order valence-corrected chi connectivity index (χ0v) is 18.3. The zero-order valence-electron chi connectivity index (χ0n) is 18.3. The minimum absolute atomic E-state index is 0.316. The second-order valence-electron chi connectivity index (χ2n) is 7.09. The molecule has 1 unspecified atom stereocenters. The highest BCUT2D eigenvalue weighted by Crippen LogP contribution is 2.30. The summed E-state index contributed by atoms with van der Waals surface area (Å²) in [5.41, 5.74) is 2.23. The molecule has 2 aromatic rings. The summed E-state index contributed by atoms with van der Waals surface area (Å²) in [5.74, 6) is 3.19. The fourth-order valence-electron chi connectivity index (χ4n) is 3.66. The van der Waals surface area contributed by atoms with Gasteiger partial charge in [-0.15, -0.1) is 0 Å². The maximum absolute atomic E-state index is 5.67. The third-order valence-corrected chi connectivity index (χ3v) is 5.17. The predicted octanol–water partition coefficient (Wildman–Crippen LogP) is 3.05. The maximum Gasteiger partial charge on any atom is 0.191 e. The molecule has 1 aliphatic rings. The molecule has 2 N–H and O–H groups in total. The van der Waals surface area contributed by atoms with Gasteiger partial charge >= 0.3 is 0 Å². The van der Waals surface area contributed by atoms with Gasteiger partial charge in [0.1, 0.15) is 5.75 Å². The number of rotatable bonds is 8. The number of nitrogens with one attached hydrogen (secondary N) is 2. The van der Waals surface area contributed by atoms with Crippen molar-refractivity contribution < 1.29 is 14.2 Å². The molecular weight excluding hydrogens is 380 g/mol. The molecule has 0 aromatic heterocycles. The molecule has 1 aliphatic heterocycles. The van der Waals surface area contributed by atoms with Gasteiger partial charge in [-0.2, -0.15) is 0 Å². The van der Waals surface area contributed by atoms with Gasteiger partial charge in [-0.3, -0.25) is 4.99 Å². The fourth-order valence-corrected chi connectivity index (χ4v) is 3.66. The first-order valence-corrected chi connectivity index (χ1v) is 10.3. The van der Waals surface area contributed by atoms with Crippen molar-refractivity contribution in [2.24, 2.45) is 4.99 Å². The van der Waals surface area contributed by atoms with E-state index in [1.807, 2.05) is 43.3 Å². The second-order valence-corrected chi connectivity index (χ2v) is 7.09. The molecule has 0 aliphatic carbocycles. The van der Waals surface area contributed by atoms with E-state index in [-0.39, 0.29) is 0 Å². The molecule has 3 rings (SSSR count). The van der Waals surface area contributed by atoms with Gasteiger partial charge in [-0.05, 0) is 43.2 Å². The van der Waals surface area contributed by atoms with Gasteiger partial charge in [0.2, 0.25) is 0 Å². The predicted molar refractivity (Wildman–Crippen MR) is 121 cm³/mol. The van der Waals surface area contributed by atoms with E-state index in [2.05, 4.69) is 26.6 Å². The van der Waals surface area contributed by atoms with E-state index in [1.165, 1.54) is 0 Å². The Hall–Kier alpha value is -3.09. The number of guanidine groups is 1. The van der Waals surface area contributed by atoms with Crippen molar-refractivity contribution in [2.75, 3.05) is 45.9 Å². The van der Waals surface area contributed by atoms with Gasteiger partial charge in [0.25, 0.3) is 0 Å². The maximum atomic E-state index is 5.67. The molecule has 1 fully saturated rings. The molecule has 0 bridgehead atoms. The molecule has 0 spiro atoms. The largest absolute Gasteiger partial charge is 0.495 e. The summed E-state index contributed by atoms with van der Waals surface area (Å²) in [5, 5.41) is 6.93. The Bertz CT molecular complexity index is 856. The van der Waals surface area contributed by atoms with Crippen LogP contribution in [0.4, 0.5) is 5.69 Å². The van der Waals surface area contributed by atoms with Crippen LogP contribution in [0.3, 0.4) is 0 Å². The standard InChI is InChI=1S/C23H32N4O3/c1-5-30-22-14-17(10-11-21(22)29-4)15-25-23(24-2)26-18-12-13-27(16-18)19-8-6-7-9-20(19)28-3/h6-11,14,18H,5,12-13,15-16H2,1-4H3,(H2,24,25,26). The molecule has 7 heteroatoms. The van der Waals surface area contributed by atoms with Crippen LogP contribution < -0.4 is 29.7 Å². The number of hydrogen-bond acceptors (Lipinski definition) is 5. The quantitative estimate of drug-likeness (QED) is 0.513. The first kappa shape index (κ1) is 21.6. The van der Waals surface area contributed by atoms with Crippen molar-refractivity contribution in [3.63, 3.8) is 0 Å². The van der Waals surface area contributed by atoms with Crippen LogP contribution in [0.1, 0.15) is 18.9 Å². The molecule has 0 radical (unpaired) electrons. The van der Waals surface area contributed by atoms with E-state index < -0.39 is 0 Å². The summed E-state index contributed by atoms with van der Waals surface area (Å²) < 4.78 is 16.5. The van der Waals surface area contributed by atoms with Crippen LogP contribution in [-0.2, 0) is 6.54 Å². The van der Waals surface area contributed by atoms with Gasteiger partial charge in [-0.25, -0.2) is 0 Å². The monoisotopic (exact) mass is 412 g/mol. The highest BCUT2D eigenvalue weighted by molar-refractivity contribution is 5.80. The fraction of sp³-hybridized carbons (Fsp3) is 0.435. The first-order valence-electron chi connectivity index (χ1n) is 10.3. The summed E-state index contributed by atoms with van der Waals surface area (Å²) in [6.07, 6.45) is 1.04. The van der Waals surface area contributed by atoms with Gasteiger partial charge < -0.3 is 29.7 Å². The lowest BCUT2D eigenvalue weighted by Gasteiger charge is -2.22. The molecule has 7 nitrogen and oxygen atoms in total. The van der Waals surface area contributed by atoms with Crippen LogP contribution in [0.25, 0.3) is 0 Å². The number of nitrogens with zero attached hydrogens (tertiary/aromatic N) is 2. The van der Waals surface area contributed by atoms with Crippen molar-refractivity contribution in [3.05, 3.63) is 48.0 Å². The molecule has 1 atom stereocenters. The summed E-state index contributed by atoms with van der Waals surface area (Å²) in [7, 11) is 5.16. The Morgan fingerprint density at radius 2 is 1.90 bits per heavy atom. The van der Waals surface area contributed by atoms with Crippen LogP contribution in [-0.4, -0.2) is 53.0 Å². The average molecular weight is 413 g/mol.